The van der Waals surface area contributed by atoms with E-state index in [-0.39, 0.29) is 5.92 Å². The summed E-state index contributed by atoms with van der Waals surface area (Å²) in [6, 6.07) is 7.44. The predicted octanol–water partition coefficient (Wildman–Crippen LogP) is 3.88. The van der Waals surface area contributed by atoms with Crippen LogP contribution in [0.2, 0.25) is 5.02 Å². The fraction of sp³-hybridized carbons (Fsp3) is 0.300. The van der Waals surface area contributed by atoms with Crippen LogP contribution in [0.1, 0.15) is 13.8 Å². The third kappa shape index (κ3) is 3.24. The Bertz CT molecular complexity index is 321. The van der Waals surface area contributed by atoms with Gasteiger partial charge in [0.1, 0.15) is 5.04 Å². The second-order valence-electron chi connectivity index (χ2n) is 3.15. The molecule has 0 atom stereocenters. The first kappa shape index (κ1) is 11.4. The van der Waals surface area contributed by atoms with Gasteiger partial charge in [-0.25, -0.2) is 0 Å². The highest BCUT2D eigenvalue weighted by atomic mass is 35.5. The normalized spacial score (nSPS) is 12.1. The average molecular weight is 230 g/mol. The van der Waals surface area contributed by atoms with E-state index in [1.807, 2.05) is 38.1 Å². The Morgan fingerprint density at radius 2 is 1.93 bits per heavy atom. The Hall–Kier alpha value is -0.670. The van der Waals surface area contributed by atoms with Crippen molar-refractivity contribution in [2.24, 2.45) is 11.1 Å². The van der Waals surface area contributed by atoms with Gasteiger partial charge in [0.15, 0.2) is 0 Å². The van der Waals surface area contributed by atoms with Crippen LogP contribution in [0, 0.1) is 5.92 Å². The standard InChI is InChI=1S/C10H12ClNOS/c1-7(2)10(12-13)14-9-5-3-8(11)4-6-9/h3-7,13H,1-2H3/b12-10+. The van der Waals surface area contributed by atoms with Crippen LogP contribution in [0.4, 0.5) is 0 Å². The predicted molar refractivity (Wildman–Crippen MR) is 61.4 cm³/mol. The van der Waals surface area contributed by atoms with Gasteiger partial charge < -0.3 is 5.21 Å². The maximum absolute atomic E-state index is 8.75. The van der Waals surface area contributed by atoms with E-state index >= 15 is 0 Å². The second kappa shape index (κ2) is 5.27. The molecule has 1 N–H and O–H groups in total. The molecule has 2 nitrogen and oxygen atoms in total. The van der Waals surface area contributed by atoms with Crippen molar-refractivity contribution in [3.05, 3.63) is 29.3 Å². The Morgan fingerprint density at radius 1 is 1.36 bits per heavy atom. The van der Waals surface area contributed by atoms with Gasteiger partial charge in [-0.15, -0.1) is 0 Å². The number of oxime groups is 1. The molecule has 0 spiro atoms. The van der Waals surface area contributed by atoms with Gasteiger partial charge in [-0.2, -0.15) is 0 Å². The van der Waals surface area contributed by atoms with Gasteiger partial charge in [-0.3, -0.25) is 0 Å². The molecule has 0 aromatic heterocycles. The van der Waals surface area contributed by atoms with E-state index in [1.54, 1.807) is 0 Å². The molecule has 0 radical (unpaired) electrons. The molecule has 0 aliphatic heterocycles. The van der Waals surface area contributed by atoms with Gasteiger partial charge in [0.25, 0.3) is 0 Å². The molecule has 14 heavy (non-hydrogen) atoms. The van der Waals surface area contributed by atoms with E-state index < -0.39 is 0 Å². The van der Waals surface area contributed by atoms with Crippen molar-refractivity contribution in [3.63, 3.8) is 0 Å². The van der Waals surface area contributed by atoms with E-state index in [1.165, 1.54) is 11.8 Å². The third-order valence-electron chi connectivity index (χ3n) is 1.63. The minimum Gasteiger partial charge on any atom is -0.410 e. The van der Waals surface area contributed by atoms with Crippen molar-refractivity contribution in [1.82, 2.24) is 0 Å². The molecule has 0 unspecified atom stereocenters. The van der Waals surface area contributed by atoms with Crippen LogP contribution in [-0.2, 0) is 0 Å². The number of nitrogens with zero attached hydrogens (tertiary/aromatic N) is 1. The van der Waals surface area contributed by atoms with Crippen molar-refractivity contribution < 1.29 is 5.21 Å². The smallest absolute Gasteiger partial charge is 0.120 e. The summed E-state index contributed by atoms with van der Waals surface area (Å²) < 4.78 is 0. The first-order chi connectivity index (χ1) is 6.63. The molecule has 0 saturated carbocycles. The molecule has 0 aliphatic rings. The number of halogens is 1. The van der Waals surface area contributed by atoms with E-state index in [0.717, 1.165) is 4.90 Å². The zero-order valence-corrected chi connectivity index (χ0v) is 9.64. The molecule has 4 heteroatoms. The lowest BCUT2D eigenvalue weighted by Crippen LogP contribution is -2.01. The largest absolute Gasteiger partial charge is 0.410 e. The zero-order valence-electron chi connectivity index (χ0n) is 8.07. The average Bonchev–Trinajstić information content (AvgIpc) is 2.16. The SMILES string of the molecule is CC(C)/C(=N\O)Sc1ccc(Cl)cc1. The maximum atomic E-state index is 8.75. The lowest BCUT2D eigenvalue weighted by molar-refractivity contribution is 0.318. The summed E-state index contributed by atoms with van der Waals surface area (Å²) in [6.45, 7) is 3.97. The van der Waals surface area contributed by atoms with Gasteiger partial charge >= 0.3 is 0 Å². The Labute approximate surface area is 93.0 Å². The second-order valence-corrected chi connectivity index (χ2v) is 4.68. The summed E-state index contributed by atoms with van der Waals surface area (Å²) in [7, 11) is 0. The lowest BCUT2D eigenvalue weighted by atomic mass is 10.2. The number of rotatable bonds is 2. The summed E-state index contributed by atoms with van der Waals surface area (Å²) in [5.74, 6) is 0.223. The minimum atomic E-state index is 0.223. The van der Waals surface area contributed by atoms with Crippen LogP contribution in [-0.4, -0.2) is 10.3 Å². The molecular weight excluding hydrogens is 218 g/mol. The quantitative estimate of drug-likeness (QED) is 0.275. The van der Waals surface area contributed by atoms with Crippen molar-refractivity contribution in [2.75, 3.05) is 0 Å². The highest BCUT2D eigenvalue weighted by molar-refractivity contribution is 8.14. The van der Waals surface area contributed by atoms with Crippen molar-refractivity contribution in [3.8, 4) is 0 Å². The fourth-order valence-corrected chi connectivity index (χ4v) is 1.79. The van der Waals surface area contributed by atoms with Gasteiger partial charge in [-0.05, 0) is 24.3 Å². The van der Waals surface area contributed by atoms with Crippen LogP contribution in [0.25, 0.3) is 0 Å². The maximum Gasteiger partial charge on any atom is 0.120 e. The topological polar surface area (TPSA) is 32.6 Å². The van der Waals surface area contributed by atoms with E-state index in [9.17, 15) is 0 Å². The molecule has 0 amide bonds. The molecule has 1 rings (SSSR count). The van der Waals surface area contributed by atoms with Crippen molar-refractivity contribution >= 4 is 28.4 Å². The van der Waals surface area contributed by atoms with Gasteiger partial charge in [-0.1, -0.05) is 42.4 Å². The van der Waals surface area contributed by atoms with E-state index in [4.69, 9.17) is 16.8 Å². The van der Waals surface area contributed by atoms with Gasteiger partial charge in [0.05, 0.1) is 0 Å². The first-order valence-electron chi connectivity index (χ1n) is 4.29. The van der Waals surface area contributed by atoms with Crippen LogP contribution < -0.4 is 0 Å². The van der Waals surface area contributed by atoms with Crippen LogP contribution >= 0.6 is 23.4 Å². The molecule has 1 aromatic carbocycles. The summed E-state index contributed by atoms with van der Waals surface area (Å²) in [5, 5.41) is 13.4. The van der Waals surface area contributed by atoms with Crippen LogP contribution in [0.3, 0.4) is 0 Å². The molecule has 0 heterocycles. The Morgan fingerprint density at radius 3 is 2.36 bits per heavy atom. The molecular formula is C10H12ClNOS. The summed E-state index contributed by atoms with van der Waals surface area (Å²) >= 11 is 7.20. The fourth-order valence-electron chi connectivity index (χ4n) is 0.877. The van der Waals surface area contributed by atoms with Crippen molar-refractivity contribution in [2.45, 2.75) is 18.7 Å². The number of hydrogen-bond donors (Lipinski definition) is 1. The number of hydrogen-bond acceptors (Lipinski definition) is 3. The molecule has 0 bridgehead atoms. The number of benzene rings is 1. The molecule has 0 fully saturated rings. The number of thioether (sulfide) groups is 1. The minimum absolute atomic E-state index is 0.223. The summed E-state index contributed by atoms with van der Waals surface area (Å²) in [5.41, 5.74) is 0. The lowest BCUT2D eigenvalue weighted by Gasteiger charge is -2.06. The Balaban J connectivity index is 2.73. The molecule has 76 valence electrons. The van der Waals surface area contributed by atoms with E-state index in [2.05, 4.69) is 5.16 Å². The van der Waals surface area contributed by atoms with Crippen LogP contribution in [0.15, 0.2) is 34.3 Å². The third-order valence-corrected chi connectivity index (χ3v) is 3.15. The summed E-state index contributed by atoms with van der Waals surface area (Å²) in [4.78, 5) is 1.02. The van der Waals surface area contributed by atoms with E-state index in [0.29, 0.717) is 10.1 Å². The van der Waals surface area contributed by atoms with Gasteiger partial charge in [0.2, 0.25) is 0 Å². The zero-order chi connectivity index (χ0) is 10.6. The van der Waals surface area contributed by atoms with Crippen molar-refractivity contribution in [1.29, 1.82) is 0 Å². The molecule has 0 aliphatic carbocycles. The molecule has 1 aromatic rings. The highest BCUT2D eigenvalue weighted by Gasteiger charge is 2.07. The highest BCUT2D eigenvalue weighted by Crippen LogP contribution is 2.24. The first-order valence-corrected chi connectivity index (χ1v) is 5.48. The molecule has 0 saturated heterocycles. The Kier molecular flexibility index (Phi) is 4.29. The summed E-state index contributed by atoms with van der Waals surface area (Å²) in [6.07, 6.45) is 0. The monoisotopic (exact) mass is 229 g/mol. The van der Waals surface area contributed by atoms with Gasteiger partial charge in [0, 0.05) is 15.8 Å². The van der Waals surface area contributed by atoms with Crippen LogP contribution in [0.5, 0.6) is 0 Å².